The summed E-state index contributed by atoms with van der Waals surface area (Å²) in [5, 5.41) is 0. The van der Waals surface area contributed by atoms with Crippen molar-refractivity contribution in [1.29, 1.82) is 0 Å². The van der Waals surface area contributed by atoms with Crippen LogP contribution < -0.4 is 21.6 Å². The zero-order chi connectivity index (χ0) is 6.53. The molecule has 0 radical (unpaired) electrons. The molecule has 0 aromatic heterocycles. The van der Waals surface area contributed by atoms with E-state index in [1.165, 1.54) is 12.8 Å². The molecule has 0 aromatic rings. The Bertz CT molecular complexity index is 68.7. The molecule has 0 aromatic carbocycles. The Morgan fingerprint density at radius 3 is 3.00 bits per heavy atom. The molecule has 1 unspecified atom stereocenters. The van der Waals surface area contributed by atoms with Crippen LogP contribution in [0.1, 0.15) is 19.3 Å². The predicted octanol–water partition coefficient (Wildman–Crippen LogP) is -1.84. The van der Waals surface area contributed by atoms with E-state index in [1.54, 1.807) is 0 Å². The Morgan fingerprint density at radius 1 is 1.56 bits per heavy atom. The quantitative estimate of drug-likeness (QED) is 0.419. The first-order chi connectivity index (χ1) is 4.43. The van der Waals surface area contributed by atoms with Gasteiger partial charge in [-0.25, -0.2) is 0 Å². The molecule has 1 rings (SSSR count). The number of alkyl halides is 1. The van der Waals surface area contributed by atoms with Crippen LogP contribution in [0.15, 0.2) is 0 Å². The summed E-state index contributed by atoms with van der Waals surface area (Å²) in [6.07, 6.45) is 3.74. The molecule has 3 heteroatoms. The van der Waals surface area contributed by atoms with Gasteiger partial charge in [-0.05, 0) is 0 Å². The maximum absolute atomic E-state index is 5.37. The summed E-state index contributed by atoms with van der Waals surface area (Å²) >= 11 is -0.0428. The molecular weight excluding hydrogens is 231 g/mol. The molecule has 0 bridgehead atoms. The van der Waals surface area contributed by atoms with Crippen molar-refractivity contribution in [3.8, 4) is 0 Å². The Kier molecular flexibility index (Phi) is 3.85. The fraction of sp³-hybridized carbons (Fsp3) is 1.00. The monoisotopic (exact) mass is 243 g/mol. The molecule has 56 valence electrons. The zero-order valence-electron chi connectivity index (χ0n) is 5.60. The molecule has 0 amide bonds. The molecule has 1 atom stereocenters. The first-order valence-corrected chi connectivity index (χ1v) is 6.24. The van der Waals surface area contributed by atoms with Gasteiger partial charge in [0.1, 0.15) is 0 Å². The normalized spacial score (nSPS) is 28.8. The van der Waals surface area contributed by atoms with Crippen LogP contribution in [0.4, 0.5) is 0 Å². The van der Waals surface area contributed by atoms with Crippen molar-refractivity contribution in [3.63, 3.8) is 0 Å². The molecule has 0 aliphatic carbocycles. The maximum atomic E-state index is 5.37. The third kappa shape index (κ3) is 2.82. The van der Waals surface area contributed by atoms with Crippen molar-refractivity contribution in [2.45, 2.75) is 25.6 Å². The van der Waals surface area contributed by atoms with Crippen LogP contribution in [-0.2, 0) is 7.80 Å². The SMILES string of the molecule is C[I-]OC1CCCCO1. The van der Waals surface area contributed by atoms with Crippen molar-refractivity contribution >= 4 is 0 Å². The van der Waals surface area contributed by atoms with E-state index in [2.05, 4.69) is 4.93 Å². The second-order valence-electron chi connectivity index (χ2n) is 2.04. The Balaban J connectivity index is 2.08. The van der Waals surface area contributed by atoms with Crippen LogP contribution in [0.25, 0.3) is 0 Å². The summed E-state index contributed by atoms with van der Waals surface area (Å²) in [5.41, 5.74) is 0. The second kappa shape index (κ2) is 4.46. The molecule has 9 heavy (non-hydrogen) atoms. The van der Waals surface area contributed by atoms with Gasteiger partial charge in [0, 0.05) is 0 Å². The number of rotatable bonds is 2. The summed E-state index contributed by atoms with van der Waals surface area (Å²) in [7, 11) is 0. The van der Waals surface area contributed by atoms with Crippen molar-refractivity contribution in [3.05, 3.63) is 0 Å². The molecular formula is C6H12IO2-. The van der Waals surface area contributed by atoms with Crippen molar-refractivity contribution in [2.24, 2.45) is 0 Å². The summed E-state index contributed by atoms with van der Waals surface area (Å²) < 4.78 is 10.7. The summed E-state index contributed by atoms with van der Waals surface area (Å²) in [5.74, 6) is 0. The van der Waals surface area contributed by atoms with Gasteiger partial charge < -0.3 is 0 Å². The minimum atomic E-state index is -0.0428. The van der Waals surface area contributed by atoms with E-state index in [-0.39, 0.29) is 27.9 Å². The van der Waals surface area contributed by atoms with Crippen LogP contribution in [-0.4, -0.2) is 17.8 Å². The number of hydrogen-bond donors (Lipinski definition) is 0. The Labute approximate surface area is 66.7 Å². The van der Waals surface area contributed by atoms with Gasteiger partial charge in [0.2, 0.25) is 0 Å². The van der Waals surface area contributed by atoms with Crippen molar-refractivity contribution < 1.29 is 29.4 Å². The topological polar surface area (TPSA) is 18.5 Å². The van der Waals surface area contributed by atoms with Crippen LogP contribution in [0.3, 0.4) is 0 Å². The second-order valence-corrected chi connectivity index (χ2v) is 3.43. The van der Waals surface area contributed by atoms with E-state index < -0.39 is 0 Å². The van der Waals surface area contributed by atoms with Crippen LogP contribution in [0.5, 0.6) is 0 Å². The van der Waals surface area contributed by atoms with Crippen LogP contribution in [0, 0.1) is 0 Å². The number of hydrogen-bond acceptors (Lipinski definition) is 2. The van der Waals surface area contributed by atoms with Crippen LogP contribution >= 0.6 is 0 Å². The van der Waals surface area contributed by atoms with E-state index in [9.17, 15) is 0 Å². The zero-order valence-corrected chi connectivity index (χ0v) is 7.76. The van der Waals surface area contributed by atoms with Crippen molar-refractivity contribution in [2.75, 3.05) is 11.5 Å². The van der Waals surface area contributed by atoms with Gasteiger partial charge in [-0.1, -0.05) is 0 Å². The van der Waals surface area contributed by atoms with E-state index in [4.69, 9.17) is 7.80 Å². The van der Waals surface area contributed by atoms with E-state index >= 15 is 0 Å². The summed E-state index contributed by atoms with van der Waals surface area (Å²) in [6, 6.07) is 0. The van der Waals surface area contributed by atoms with Gasteiger partial charge in [0.15, 0.2) is 0 Å². The third-order valence-electron chi connectivity index (χ3n) is 1.33. The number of ether oxygens (including phenoxy) is 1. The van der Waals surface area contributed by atoms with Gasteiger partial charge in [0.05, 0.1) is 0 Å². The van der Waals surface area contributed by atoms with E-state index in [0.29, 0.717) is 0 Å². The van der Waals surface area contributed by atoms with Gasteiger partial charge in [-0.15, -0.1) is 0 Å². The van der Waals surface area contributed by atoms with Crippen LogP contribution in [0.2, 0.25) is 0 Å². The summed E-state index contributed by atoms with van der Waals surface area (Å²) in [4.78, 5) is 2.11. The van der Waals surface area contributed by atoms with Gasteiger partial charge in [0.25, 0.3) is 0 Å². The fourth-order valence-corrected chi connectivity index (χ4v) is 1.85. The van der Waals surface area contributed by atoms with Crippen molar-refractivity contribution in [1.82, 2.24) is 0 Å². The van der Waals surface area contributed by atoms with Gasteiger partial charge in [-0.3, -0.25) is 0 Å². The molecule has 1 heterocycles. The predicted molar refractivity (Wildman–Crippen MR) is 30.6 cm³/mol. The van der Waals surface area contributed by atoms with E-state index in [1.807, 2.05) is 0 Å². The average molecular weight is 243 g/mol. The van der Waals surface area contributed by atoms with Gasteiger partial charge in [-0.2, -0.15) is 0 Å². The molecule has 1 saturated heterocycles. The molecule has 0 N–H and O–H groups in total. The number of halogens is 1. The molecule has 1 aliphatic rings. The minimum absolute atomic E-state index is 0.0428. The molecule has 0 saturated carbocycles. The fourth-order valence-electron chi connectivity index (χ4n) is 0.881. The molecule has 2 nitrogen and oxygen atoms in total. The van der Waals surface area contributed by atoms with E-state index in [0.717, 1.165) is 13.0 Å². The summed E-state index contributed by atoms with van der Waals surface area (Å²) in [6.45, 7) is 0.897. The molecule has 0 spiro atoms. The Hall–Kier alpha value is 0.650. The average Bonchev–Trinajstić information content (AvgIpc) is 1.91. The van der Waals surface area contributed by atoms with Gasteiger partial charge >= 0.3 is 66.5 Å². The standard InChI is InChI=1S/C6H12IO2/c1-7-9-6-4-2-3-5-8-6/h6H,2-5H2,1H3/q-1. The Morgan fingerprint density at radius 2 is 2.44 bits per heavy atom. The first-order valence-electron chi connectivity index (χ1n) is 3.20. The molecule has 1 fully saturated rings. The first kappa shape index (κ1) is 7.75. The third-order valence-corrected chi connectivity index (χ3v) is 2.40. The molecule has 1 aliphatic heterocycles.